The maximum absolute atomic E-state index is 12.6. The van der Waals surface area contributed by atoms with Crippen LogP contribution in [0.25, 0.3) is 10.9 Å². The maximum Gasteiger partial charge on any atom is 0.256 e. The normalized spacial score (nSPS) is 16.8. The SMILES string of the molecule is CCOC1CCN(C(=O)c2c[nH]c3ccccc23)CC1. The van der Waals surface area contributed by atoms with Crippen LogP contribution in [-0.2, 0) is 4.74 Å². The molecule has 1 aromatic carbocycles. The molecule has 0 bridgehead atoms. The van der Waals surface area contributed by atoms with Gasteiger partial charge in [0.25, 0.3) is 5.91 Å². The van der Waals surface area contributed by atoms with Crippen LogP contribution in [0.4, 0.5) is 0 Å². The molecule has 0 atom stereocenters. The van der Waals surface area contributed by atoms with Gasteiger partial charge in [-0.2, -0.15) is 0 Å². The van der Waals surface area contributed by atoms with Gasteiger partial charge in [-0.25, -0.2) is 0 Å². The number of nitrogens with one attached hydrogen (secondary N) is 1. The number of carbonyl (C=O) groups is 1. The minimum absolute atomic E-state index is 0.123. The molecule has 0 radical (unpaired) electrons. The molecule has 20 heavy (non-hydrogen) atoms. The van der Waals surface area contributed by atoms with E-state index in [1.807, 2.05) is 42.3 Å². The number of hydrogen-bond donors (Lipinski definition) is 1. The van der Waals surface area contributed by atoms with E-state index in [0.717, 1.165) is 49.0 Å². The van der Waals surface area contributed by atoms with Crippen molar-refractivity contribution in [1.82, 2.24) is 9.88 Å². The van der Waals surface area contributed by atoms with Crippen molar-refractivity contribution in [3.8, 4) is 0 Å². The van der Waals surface area contributed by atoms with Gasteiger partial charge >= 0.3 is 0 Å². The topological polar surface area (TPSA) is 45.3 Å². The molecule has 3 rings (SSSR count). The highest BCUT2D eigenvalue weighted by atomic mass is 16.5. The molecule has 1 fully saturated rings. The molecule has 106 valence electrons. The Morgan fingerprint density at radius 3 is 2.85 bits per heavy atom. The van der Waals surface area contributed by atoms with E-state index in [2.05, 4.69) is 4.98 Å². The van der Waals surface area contributed by atoms with E-state index < -0.39 is 0 Å². The third kappa shape index (κ3) is 2.43. The van der Waals surface area contributed by atoms with Gasteiger partial charge in [-0.1, -0.05) is 18.2 Å². The number of aromatic amines is 1. The number of nitrogens with zero attached hydrogens (tertiary/aromatic N) is 1. The Hall–Kier alpha value is -1.81. The summed E-state index contributed by atoms with van der Waals surface area (Å²) < 4.78 is 5.63. The lowest BCUT2D eigenvalue weighted by atomic mass is 10.1. The summed E-state index contributed by atoms with van der Waals surface area (Å²) in [6.07, 6.45) is 4.00. The van der Waals surface area contributed by atoms with Gasteiger partial charge in [-0.15, -0.1) is 0 Å². The number of carbonyl (C=O) groups excluding carboxylic acids is 1. The summed E-state index contributed by atoms with van der Waals surface area (Å²) in [5, 5.41) is 1.00. The highest BCUT2D eigenvalue weighted by Gasteiger charge is 2.25. The van der Waals surface area contributed by atoms with Gasteiger partial charge in [0.1, 0.15) is 0 Å². The summed E-state index contributed by atoms with van der Waals surface area (Å²) in [4.78, 5) is 17.7. The average Bonchev–Trinajstić information content (AvgIpc) is 2.92. The summed E-state index contributed by atoms with van der Waals surface area (Å²) in [5.74, 6) is 0.123. The predicted molar refractivity (Wildman–Crippen MR) is 78.9 cm³/mol. The first-order chi connectivity index (χ1) is 9.79. The van der Waals surface area contributed by atoms with Gasteiger partial charge in [0.05, 0.1) is 11.7 Å². The molecule has 2 aromatic rings. The van der Waals surface area contributed by atoms with E-state index in [0.29, 0.717) is 6.10 Å². The third-order valence-electron chi connectivity index (χ3n) is 3.95. The van der Waals surface area contributed by atoms with Gasteiger partial charge in [-0.3, -0.25) is 4.79 Å². The molecule has 2 heterocycles. The molecule has 0 saturated carbocycles. The zero-order valence-corrected chi connectivity index (χ0v) is 11.8. The lowest BCUT2D eigenvalue weighted by Gasteiger charge is -2.31. The summed E-state index contributed by atoms with van der Waals surface area (Å²) in [6.45, 7) is 4.33. The third-order valence-corrected chi connectivity index (χ3v) is 3.95. The molecule has 1 N–H and O–H groups in total. The number of hydrogen-bond acceptors (Lipinski definition) is 2. The van der Waals surface area contributed by atoms with Crippen molar-refractivity contribution in [2.24, 2.45) is 0 Å². The number of likely N-dealkylation sites (tertiary alicyclic amines) is 1. The maximum atomic E-state index is 12.6. The lowest BCUT2D eigenvalue weighted by molar-refractivity contribution is 0.0146. The fourth-order valence-corrected chi connectivity index (χ4v) is 2.88. The molecule has 1 aliphatic heterocycles. The minimum atomic E-state index is 0.123. The van der Waals surface area contributed by atoms with Crippen molar-refractivity contribution in [2.45, 2.75) is 25.9 Å². The zero-order valence-electron chi connectivity index (χ0n) is 11.8. The second-order valence-electron chi connectivity index (χ2n) is 5.19. The quantitative estimate of drug-likeness (QED) is 0.933. The Morgan fingerprint density at radius 2 is 2.10 bits per heavy atom. The largest absolute Gasteiger partial charge is 0.378 e. The number of para-hydroxylation sites is 1. The molecular formula is C16H20N2O2. The van der Waals surface area contributed by atoms with Gasteiger partial charge in [-0.05, 0) is 25.8 Å². The fourth-order valence-electron chi connectivity index (χ4n) is 2.88. The Bertz CT molecular complexity index is 597. The Balaban J connectivity index is 1.74. The number of ether oxygens (including phenoxy) is 1. The molecule has 0 spiro atoms. The molecule has 0 aliphatic carbocycles. The first kappa shape index (κ1) is 13.2. The number of H-pyrrole nitrogens is 1. The van der Waals surface area contributed by atoms with Crippen LogP contribution in [0.15, 0.2) is 30.5 Å². The summed E-state index contributed by atoms with van der Waals surface area (Å²) >= 11 is 0. The fraction of sp³-hybridized carbons (Fsp3) is 0.438. The molecule has 1 amide bonds. The Morgan fingerprint density at radius 1 is 1.35 bits per heavy atom. The van der Waals surface area contributed by atoms with Gasteiger partial charge in [0, 0.05) is 36.8 Å². The molecule has 0 unspecified atom stereocenters. The van der Waals surface area contributed by atoms with Crippen LogP contribution >= 0.6 is 0 Å². The molecule has 4 heteroatoms. The van der Waals surface area contributed by atoms with Gasteiger partial charge in [0.2, 0.25) is 0 Å². The number of piperidine rings is 1. The predicted octanol–water partition coefficient (Wildman–Crippen LogP) is 2.81. The van der Waals surface area contributed by atoms with E-state index in [1.165, 1.54) is 0 Å². The minimum Gasteiger partial charge on any atom is -0.378 e. The van der Waals surface area contributed by atoms with E-state index >= 15 is 0 Å². The number of fused-ring (bicyclic) bond motifs is 1. The number of rotatable bonds is 3. The van der Waals surface area contributed by atoms with Crippen LogP contribution in [-0.4, -0.2) is 41.6 Å². The number of aromatic nitrogens is 1. The van der Waals surface area contributed by atoms with Gasteiger partial charge in [0.15, 0.2) is 0 Å². The number of benzene rings is 1. The van der Waals surface area contributed by atoms with E-state index in [1.54, 1.807) is 0 Å². The van der Waals surface area contributed by atoms with Crippen molar-refractivity contribution < 1.29 is 9.53 Å². The average molecular weight is 272 g/mol. The molecular weight excluding hydrogens is 252 g/mol. The molecule has 1 aromatic heterocycles. The van der Waals surface area contributed by atoms with Crippen molar-refractivity contribution in [1.29, 1.82) is 0 Å². The van der Waals surface area contributed by atoms with E-state index in [4.69, 9.17) is 4.74 Å². The van der Waals surface area contributed by atoms with Crippen LogP contribution in [0.2, 0.25) is 0 Å². The van der Waals surface area contributed by atoms with Crippen LogP contribution in [0, 0.1) is 0 Å². The standard InChI is InChI=1S/C16H20N2O2/c1-2-20-12-7-9-18(10-8-12)16(19)14-11-17-15-6-4-3-5-13(14)15/h3-6,11-12,17H,2,7-10H2,1H3. The van der Waals surface area contributed by atoms with E-state index in [9.17, 15) is 4.79 Å². The first-order valence-electron chi connectivity index (χ1n) is 7.26. The molecule has 4 nitrogen and oxygen atoms in total. The van der Waals surface area contributed by atoms with Crippen LogP contribution in [0.1, 0.15) is 30.1 Å². The Labute approximate surface area is 118 Å². The highest BCUT2D eigenvalue weighted by Crippen LogP contribution is 2.22. The first-order valence-corrected chi connectivity index (χ1v) is 7.26. The zero-order chi connectivity index (χ0) is 13.9. The van der Waals surface area contributed by atoms with Crippen molar-refractivity contribution in [2.75, 3.05) is 19.7 Å². The second-order valence-corrected chi connectivity index (χ2v) is 5.19. The second kappa shape index (κ2) is 5.67. The van der Waals surface area contributed by atoms with Crippen molar-refractivity contribution >= 4 is 16.8 Å². The monoisotopic (exact) mass is 272 g/mol. The van der Waals surface area contributed by atoms with Crippen LogP contribution in [0.5, 0.6) is 0 Å². The summed E-state index contributed by atoms with van der Waals surface area (Å²) in [6, 6.07) is 7.92. The van der Waals surface area contributed by atoms with Crippen molar-refractivity contribution in [3.63, 3.8) is 0 Å². The van der Waals surface area contributed by atoms with E-state index in [-0.39, 0.29) is 5.91 Å². The van der Waals surface area contributed by atoms with Crippen molar-refractivity contribution in [3.05, 3.63) is 36.0 Å². The lowest BCUT2D eigenvalue weighted by Crippen LogP contribution is -2.40. The Kier molecular flexibility index (Phi) is 3.74. The summed E-state index contributed by atoms with van der Waals surface area (Å²) in [5.41, 5.74) is 1.79. The number of amides is 1. The smallest absolute Gasteiger partial charge is 0.256 e. The molecule has 1 aliphatic rings. The highest BCUT2D eigenvalue weighted by molar-refractivity contribution is 6.06. The van der Waals surface area contributed by atoms with Gasteiger partial charge < -0.3 is 14.6 Å². The summed E-state index contributed by atoms with van der Waals surface area (Å²) in [7, 11) is 0. The van der Waals surface area contributed by atoms with Crippen LogP contribution < -0.4 is 0 Å². The molecule has 1 saturated heterocycles. The van der Waals surface area contributed by atoms with Crippen LogP contribution in [0.3, 0.4) is 0 Å².